The number of allylic oxidation sites excluding steroid dienone is 2. The minimum absolute atomic E-state index is 0.0350. The first kappa shape index (κ1) is 16.3. The van der Waals surface area contributed by atoms with Crippen molar-refractivity contribution in [3.8, 4) is 6.07 Å². The number of hydrazine groups is 1. The van der Waals surface area contributed by atoms with Crippen molar-refractivity contribution in [2.24, 2.45) is 11.3 Å². The molecule has 4 rings (SSSR count). The highest BCUT2D eigenvalue weighted by Crippen LogP contribution is 2.48. The van der Waals surface area contributed by atoms with Crippen LogP contribution in [0.25, 0.3) is 0 Å². The molecule has 25 heavy (non-hydrogen) atoms. The highest BCUT2D eigenvalue weighted by atomic mass is 16.1. The van der Waals surface area contributed by atoms with Crippen LogP contribution in [-0.2, 0) is 4.79 Å². The van der Waals surface area contributed by atoms with Crippen LogP contribution in [0.2, 0.25) is 0 Å². The van der Waals surface area contributed by atoms with Crippen molar-refractivity contribution in [1.29, 1.82) is 5.26 Å². The Morgan fingerprint density at radius 1 is 1.20 bits per heavy atom. The van der Waals surface area contributed by atoms with Gasteiger partial charge in [-0.1, -0.05) is 32.0 Å². The van der Waals surface area contributed by atoms with Gasteiger partial charge in [0.05, 0.1) is 17.8 Å². The molecule has 4 atom stereocenters. The molecule has 3 N–H and O–H groups in total. The second-order valence-electron chi connectivity index (χ2n) is 8.29. The molecule has 1 aromatic rings. The van der Waals surface area contributed by atoms with Gasteiger partial charge in [0.1, 0.15) is 0 Å². The highest BCUT2D eigenvalue weighted by molar-refractivity contribution is 5.99. The first-order valence-electron chi connectivity index (χ1n) is 8.94. The molecular weight excluding hydrogens is 312 g/mol. The Morgan fingerprint density at radius 2 is 1.96 bits per heavy atom. The van der Waals surface area contributed by atoms with Crippen LogP contribution in [0.1, 0.15) is 50.7 Å². The van der Waals surface area contributed by atoms with Gasteiger partial charge in [0.15, 0.2) is 5.78 Å². The summed E-state index contributed by atoms with van der Waals surface area (Å²) >= 11 is 0. The van der Waals surface area contributed by atoms with Gasteiger partial charge in [0, 0.05) is 35.6 Å². The van der Waals surface area contributed by atoms with Gasteiger partial charge in [-0.3, -0.25) is 10.2 Å². The summed E-state index contributed by atoms with van der Waals surface area (Å²) in [4.78, 5) is 13.1. The first-order valence-corrected chi connectivity index (χ1v) is 8.94. The first-order chi connectivity index (χ1) is 11.9. The predicted molar refractivity (Wildman–Crippen MR) is 95.1 cm³/mol. The van der Waals surface area contributed by atoms with E-state index in [1.54, 1.807) is 0 Å². The van der Waals surface area contributed by atoms with Gasteiger partial charge in [-0.15, -0.1) is 0 Å². The number of hydrogen-bond acceptors (Lipinski definition) is 5. The maximum absolute atomic E-state index is 13.1. The van der Waals surface area contributed by atoms with Gasteiger partial charge < -0.3 is 5.32 Å². The van der Waals surface area contributed by atoms with Gasteiger partial charge in [-0.25, -0.2) is 5.43 Å². The summed E-state index contributed by atoms with van der Waals surface area (Å²) in [6, 6.07) is 10.2. The summed E-state index contributed by atoms with van der Waals surface area (Å²) in [5.41, 5.74) is 10.2. The van der Waals surface area contributed by atoms with Crippen molar-refractivity contribution >= 4 is 5.78 Å². The van der Waals surface area contributed by atoms with Crippen LogP contribution in [0.5, 0.6) is 0 Å². The Labute approximate surface area is 148 Å². The number of carbonyl (C=O) groups is 1. The average Bonchev–Trinajstić information content (AvgIpc) is 2.92. The Balaban J connectivity index is 1.91. The Hall–Kier alpha value is -2.16. The number of benzene rings is 1. The number of nitrogens with zero attached hydrogens (tertiary/aromatic N) is 1. The fourth-order valence-electron chi connectivity index (χ4n) is 4.75. The van der Waals surface area contributed by atoms with Crippen LogP contribution in [-0.4, -0.2) is 18.0 Å². The van der Waals surface area contributed by atoms with Crippen LogP contribution < -0.4 is 16.2 Å². The predicted octanol–water partition coefficient (Wildman–Crippen LogP) is 2.33. The van der Waals surface area contributed by atoms with Gasteiger partial charge in [0.2, 0.25) is 0 Å². The topological polar surface area (TPSA) is 76.9 Å². The highest BCUT2D eigenvalue weighted by Gasteiger charge is 2.50. The molecule has 1 aliphatic carbocycles. The third-order valence-electron chi connectivity index (χ3n) is 5.79. The lowest BCUT2D eigenvalue weighted by Gasteiger charge is -2.44. The molecule has 130 valence electrons. The van der Waals surface area contributed by atoms with E-state index in [0.29, 0.717) is 12.0 Å². The van der Waals surface area contributed by atoms with E-state index in [1.165, 1.54) is 0 Å². The molecule has 5 nitrogen and oxygen atoms in total. The molecule has 3 aliphatic rings. The normalized spacial score (nSPS) is 33.3. The fourth-order valence-corrected chi connectivity index (χ4v) is 4.75. The average molecular weight is 336 g/mol. The molecule has 0 aromatic heterocycles. The zero-order valence-corrected chi connectivity index (χ0v) is 14.9. The largest absolute Gasteiger partial charge is 0.371 e. The van der Waals surface area contributed by atoms with Crippen molar-refractivity contribution in [2.75, 3.05) is 0 Å². The van der Waals surface area contributed by atoms with Gasteiger partial charge in [-0.2, -0.15) is 5.26 Å². The molecule has 1 saturated heterocycles. The summed E-state index contributed by atoms with van der Waals surface area (Å²) in [5.74, 6) is 0.339. The number of fused-ring (bicyclic) bond motifs is 1. The van der Waals surface area contributed by atoms with Crippen molar-refractivity contribution in [3.05, 3.63) is 46.7 Å². The molecule has 2 aliphatic heterocycles. The van der Waals surface area contributed by atoms with Gasteiger partial charge in [-0.05, 0) is 30.4 Å². The molecule has 0 amide bonds. The van der Waals surface area contributed by atoms with Crippen molar-refractivity contribution in [3.63, 3.8) is 0 Å². The minimum Gasteiger partial charge on any atom is -0.371 e. The number of carbonyl (C=O) groups excluding carboxylic acids is 1. The van der Waals surface area contributed by atoms with Crippen molar-refractivity contribution in [1.82, 2.24) is 16.2 Å². The fraction of sp³-hybridized carbons (Fsp3) is 0.500. The third kappa shape index (κ3) is 2.57. The number of nitrogens with one attached hydrogen (secondary N) is 3. The van der Waals surface area contributed by atoms with Crippen LogP contribution in [0, 0.1) is 22.7 Å². The minimum atomic E-state index is -0.0572. The van der Waals surface area contributed by atoms with E-state index in [0.717, 1.165) is 23.3 Å². The number of rotatable bonds is 1. The van der Waals surface area contributed by atoms with E-state index < -0.39 is 0 Å². The number of ketones is 1. The monoisotopic (exact) mass is 336 g/mol. The van der Waals surface area contributed by atoms with E-state index in [4.69, 9.17) is 0 Å². The van der Waals surface area contributed by atoms with E-state index >= 15 is 0 Å². The summed E-state index contributed by atoms with van der Waals surface area (Å²) in [6.45, 7) is 6.41. The number of Topliss-reactive ketones (excluding diaryl/α,β-unsaturated/α-hetero) is 1. The molecule has 1 aromatic carbocycles. The SMILES string of the molecule is CC1NNC2NC3=C(C(=O)CC(C)(C)C3)C(c3ccccc3C#N)C12. The van der Waals surface area contributed by atoms with Crippen LogP contribution in [0.15, 0.2) is 35.5 Å². The molecule has 0 radical (unpaired) electrons. The van der Waals surface area contributed by atoms with Crippen LogP contribution in [0.4, 0.5) is 0 Å². The molecule has 0 spiro atoms. The Morgan fingerprint density at radius 3 is 2.72 bits per heavy atom. The Kier molecular flexibility index (Phi) is 3.71. The molecule has 4 unspecified atom stereocenters. The van der Waals surface area contributed by atoms with Gasteiger partial charge >= 0.3 is 0 Å². The summed E-state index contributed by atoms with van der Waals surface area (Å²) < 4.78 is 0. The molecule has 0 bridgehead atoms. The van der Waals surface area contributed by atoms with Crippen molar-refractivity contribution in [2.45, 2.75) is 51.7 Å². The van der Waals surface area contributed by atoms with Gasteiger partial charge in [0.25, 0.3) is 0 Å². The van der Waals surface area contributed by atoms with E-state index in [-0.39, 0.29) is 35.2 Å². The smallest absolute Gasteiger partial charge is 0.161 e. The molecular formula is C20H24N4O. The molecule has 5 heteroatoms. The maximum Gasteiger partial charge on any atom is 0.161 e. The number of nitriles is 1. The lowest BCUT2D eigenvalue weighted by molar-refractivity contribution is -0.118. The molecule has 1 fully saturated rings. The summed E-state index contributed by atoms with van der Waals surface area (Å²) in [5, 5.41) is 13.2. The number of hydrogen-bond donors (Lipinski definition) is 3. The van der Waals surface area contributed by atoms with E-state index in [2.05, 4.69) is 43.0 Å². The standard InChI is InChI=1S/C20H24N4O/c1-11-16-17(13-7-5-4-6-12(13)10-21)18-14(22-19(16)24-23-11)8-20(2,3)9-15(18)25/h4-7,11,16-17,19,22-24H,8-9H2,1-3H3. The summed E-state index contributed by atoms with van der Waals surface area (Å²) in [7, 11) is 0. The quantitative estimate of drug-likeness (QED) is 0.734. The lowest BCUT2D eigenvalue weighted by Crippen LogP contribution is -2.52. The second kappa shape index (κ2) is 5.69. The Bertz CT molecular complexity index is 804. The molecule has 2 heterocycles. The van der Waals surface area contributed by atoms with Crippen LogP contribution >= 0.6 is 0 Å². The van der Waals surface area contributed by atoms with Crippen LogP contribution in [0.3, 0.4) is 0 Å². The summed E-state index contributed by atoms with van der Waals surface area (Å²) in [6.07, 6.45) is 1.48. The maximum atomic E-state index is 13.1. The molecule has 0 saturated carbocycles. The van der Waals surface area contributed by atoms with E-state index in [1.807, 2.05) is 24.3 Å². The van der Waals surface area contributed by atoms with Crippen molar-refractivity contribution < 1.29 is 4.79 Å². The zero-order chi connectivity index (χ0) is 17.8. The lowest BCUT2D eigenvalue weighted by atomic mass is 9.65. The second-order valence-corrected chi connectivity index (χ2v) is 8.29. The zero-order valence-electron chi connectivity index (χ0n) is 14.9. The third-order valence-corrected chi connectivity index (χ3v) is 5.79. The van der Waals surface area contributed by atoms with E-state index in [9.17, 15) is 10.1 Å².